The topological polar surface area (TPSA) is 92.3 Å². The third-order valence-electron chi connectivity index (χ3n) is 3.44. The number of nitrogens with zero attached hydrogens (tertiary/aromatic N) is 1. The van der Waals surface area contributed by atoms with Crippen LogP contribution in [0.25, 0.3) is 11.5 Å². The predicted molar refractivity (Wildman–Crippen MR) is 73.3 cm³/mol. The van der Waals surface area contributed by atoms with Gasteiger partial charge in [-0.3, -0.25) is 9.59 Å². The van der Waals surface area contributed by atoms with Gasteiger partial charge >= 0.3 is 0 Å². The maximum Gasteiger partial charge on any atom is 0.261 e. The average Bonchev–Trinajstić information content (AvgIpc) is 3.09. The Kier molecular flexibility index (Phi) is 3.15. The van der Waals surface area contributed by atoms with E-state index in [1.807, 2.05) is 0 Å². The summed E-state index contributed by atoms with van der Waals surface area (Å²) in [6.07, 6.45) is 2.30. The fraction of sp³-hybridized carbons (Fsp3) is 0.286. The van der Waals surface area contributed by atoms with Crippen LogP contribution >= 0.6 is 0 Å². The summed E-state index contributed by atoms with van der Waals surface area (Å²) in [7, 11) is 0. The molecule has 1 aliphatic rings. The minimum atomic E-state index is -0.413. The summed E-state index contributed by atoms with van der Waals surface area (Å²) in [4.78, 5) is 28.6. The first-order valence-corrected chi connectivity index (χ1v) is 6.47. The summed E-state index contributed by atoms with van der Waals surface area (Å²) in [5.74, 6) is 0.287. The van der Waals surface area contributed by atoms with E-state index < -0.39 is 5.56 Å². The smallest absolute Gasteiger partial charge is 0.261 e. The van der Waals surface area contributed by atoms with Gasteiger partial charge in [0.15, 0.2) is 0 Å². The number of rotatable bonds is 2. The SMILES string of the molecule is N[C@@H]1CCN(C(=O)c2ccc(-c3ccco3)[nH]c2=O)C1. The minimum absolute atomic E-state index is 0.000392. The van der Waals surface area contributed by atoms with Crippen LogP contribution in [0.2, 0.25) is 0 Å². The molecule has 20 heavy (non-hydrogen) atoms. The highest BCUT2D eigenvalue weighted by Crippen LogP contribution is 2.16. The number of nitrogens with two attached hydrogens (primary N) is 1. The highest BCUT2D eigenvalue weighted by Gasteiger charge is 2.26. The second-order valence-electron chi connectivity index (χ2n) is 4.89. The van der Waals surface area contributed by atoms with Gasteiger partial charge in [-0.1, -0.05) is 0 Å². The van der Waals surface area contributed by atoms with E-state index >= 15 is 0 Å². The molecule has 104 valence electrons. The van der Waals surface area contributed by atoms with Gasteiger partial charge in [0.05, 0.1) is 12.0 Å². The number of H-pyrrole nitrogens is 1. The molecule has 6 heteroatoms. The fourth-order valence-electron chi connectivity index (χ4n) is 2.36. The van der Waals surface area contributed by atoms with Gasteiger partial charge in [0.1, 0.15) is 11.3 Å². The lowest BCUT2D eigenvalue weighted by atomic mass is 10.2. The number of amides is 1. The average molecular weight is 273 g/mol. The number of carbonyl (C=O) groups excluding carboxylic acids is 1. The van der Waals surface area contributed by atoms with E-state index in [1.54, 1.807) is 23.1 Å². The van der Waals surface area contributed by atoms with Crippen LogP contribution in [0, 0.1) is 0 Å². The maximum absolute atomic E-state index is 12.2. The van der Waals surface area contributed by atoms with Crippen molar-refractivity contribution in [3.63, 3.8) is 0 Å². The lowest BCUT2D eigenvalue weighted by Crippen LogP contribution is -2.35. The molecule has 0 radical (unpaired) electrons. The van der Waals surface area contributed by atoms with Crippen molar-refractivity contribution >= 4 is 5.91 Å². The first kappa shape index (κ1) is 12.7. The van der Waals surface area contributed by atoms with Crippen LogP contribution in [0.3, 0.4) is 0 Å². The third-order valence-corrected chi connectivity index (χ3v) is 3.44. The molecular weight excluding hydrogens is 258 g/mol. The number of carbonyl (C=O) groups is 1. The van der Waals surface area contributed by atoms with Crippen molar-refractivity contribution in [2.45, 2.75) is 12.5 Å². The molecule has 0 saturated carbocycles. The van der Waals surface area contributed by atoms with Crippen LogP contribution in [-0.2, 0) is 0 Å². The van der Waals surface area contributed by atoms with E-state index in [4.69, 9.17) is 10.2 Å². The fourth-order valence-corrected chi connectivity index (χ4v) is 2.36. The summed E-state index contributed by atoms with van der Waals surface area (Å²) in [5, 5.41) is 0. The second-order valence-corrected chi connectivity index (χ2v) is 4.89. The Bertz CT molecular complexity index is 675. The number of hydrogen-bond acceptors (Lipinski definition) is 4. The largest absolute Gasteiger partial charge is 0.463 e. The molecule has 0 spiro atoms. The molecule has 3 rings (SSSR count). The molecule has 0 unspecified atom stereocenters. The maximum atomic E-state index is 12.2. The minimum Gasteiger partial charge on any atom is -0.463 e. The molecule has 0 bridgehead atoms. The standard InChI is InChI=1S/C14H15N3O3/c15-9-5-6-17(8-9)14(19)10-3-4-11(16-13(10)18)12-2-1-7-20-12/h1-4,7,9H,5-6,8,15H2,(H,16,18)/t9-/m1/s1. The number of likely N-dealkylation sites (tertiary alicyclic amines) is 1. The third kappa shape index (κ3) is 2.25. The Morgan fingerprint density at radius 2 is 2.25 bits per heavy atom. The van der Waals surface area contributed by atoms with E-state index in [-0.39, 0.29) is 17.5 Å². The molecule has 6 nitrogen and oxygen atoms in total. The van der Waals surface area contributed by atoms with Gasteiger partial charge in [-0.2, -0.15) is 0 Å². The lowest BCUT2D eigenvalue weighted by Gasteiger charge is -2.15. The number of aromatic nitrogens is 1. The molecular formula is C14H15N3O3. The molecule has 0 aromatic carbocycles. The summed E-state index contributed by atoms with van der Waals surface area (Å²) < 4.78 is 5.21. The molecule has 1 aliphatic heterocycles. The Morgan fingerprint density at radius 1 is 1.40 bits per heavy atom. The highest BCUT2D eigenvalue weighted by molar-refractivity contribution is 5.94. The van der Waals surface area contributed by atoms with Gasteiger partial charge in [0.2, 0.25) is 0 Å². The monoisotopic (exact) mass is 273 g/mol. The van der Waals surface area contributed by atoms with E-state index in [1.165, 1.54) is 12.3 Å². The second kappa shape index (κ2) is 4.97. The van der Waals surface area contributed by atoms with Crippen LogP contribution in [0.4, 0.5) is 0 Å². The molecule has 0 aliphatic carbocycles. The van der Waals surface area contributed by atoms with Crippen LogP contribution < -0.4 is 11.3 Å². The van der Waals surface area contributed by atoms with Gasteiger partial charge < -0.3 is 20.0 Å². The van der Waals surface area contributed by atoms with Gasteiger partial charge in [0, 0.05) is 19.1 Å². The number of hydrogen-bond donors (Lipinski definition) is 2. The first-order valence-electron chi connectivity index (χ1n) is 6.47. The van der Waals surface area contributed by atoms with E-state index in [0.717, 1.165) is 6.42 Å². The quantitative estimate of drug-likeness (QED) is 0.846. The van der Waals surface area contributed by atoms with E-state index in [2.05, 4.69) is 4.98 Å². The van der Waals surface area contributed by atoms with Crippen LogP contribution in [0.15, 0.2) is 39.7 Å². The highest BCUT2D eigenvalue weighted by atomic mass is 16.3. The van der Waals surface area contributed by atoms with Gasteiger partial charge in [0.25, 0.3) is 11.5 Å². The summed E-state index contributed by atoms with van der Waals surface area (Å²) in [5.41, 5.74) is 6.05. The van der Waals surface area contributed by atoms with Crippen molar-refractivity contribution in [3.8, 4) is 11.5 Å². The zero-order valence-corrected chi connectivity index (χ0v) is 10.8. The number of nitrogens with one attached hydrogen (secondary N) is 1. The van der Waals surface area contributed by atoms with Crippen LogP contribution in [-0.4, -0.2) is 34.9 Å². The lowest BCUT2D eigenvalue weighted by molar-refractivity contribution is 0.0789. The molecule has 2 aromatic rings. The van der Waals surface area contributed by atoms with E-state index in [9.17, 15) is 9.59 Å². The van der Waals surface area contributed by atoms with Crippen molar-refractivity contribution in [2.24, 2.45) is 5.73 Å². The van der Waals surface area contributed by atoms with Crippen molar-refractivity contribution < 1.29 is 9.21 Å². The normalized spacial score (nSPS) is 18.4. The zero-order valence-electron chi connectivity index (χ0n) is 10.8. The molecule has 2 aromatic heterocycles. The van der Waals surface area contributed by atoms with Crippen LogP contribution in [0.1, 0.15) is 16.8 Å². The summed E-state index contributed by atoms with van der Waals surface area (Å²) >= 11 is 0. The van der Waals surface area contributed by atoms with Crippen molar-refractivity contribution in [3.05, 3.63) is 46.4 Å². The number of aromatic amines is 1. The predicted octanol–water partition coefficient (Wildman–Crippen LogP) is 0.808. The number of furan rings is 1. The molecule has 1 amide bonds. The van der Waals surface area contributed by atoms with Crippen molar-refractivity contribution in [2.75, 3.05) is 13.1 Å². The zero-order chi connectivity index (χ0) is 14.1. The molecule has 1 fully saturated rings. The molecule has 1 atom stereocenters. The van der Waals surface area contributed by atoms with Gasteiger partial charge in [-0.05, 0) is 30.7 Å². The molecule has 1 saturated heterocycles. The van der Waals surface area contributed by atoms with Gasteiger partial charge in [-0.15, -0.1) is 0 Å². The Labute approximate surface area is 115 Å². The Morgan fingerprint density at radius 3 is 2.85 bits per heavy atom. The Hall–Kier alpha value is -2.34. The summed E-state index contributed by atoms with van der Waals surface area (Å²) in [6, 6.07) is 6.68. The van der Waals surface area contributed by atoms with Crippen LogP contribution in [0.5, 0.6) is 0 Å². The first-order chi connectivity index (χ1) is 9.65. The molecule has 3 heterocycles. The number of pyridine rings is 1. The van der Waals surface area contributed by atoms with Gasteiger partial charge in [-0.25, -0.2) is 0 Å². The molecule has 3 N–H and O–H groups in total. The van der Waals surface area contributed by atoms with Crippen molar-refractivity contribution in [1.29, 1.82) is 0 Å². The van der Waals surface area contributed by atoms with Crippen molar-refractivity contribution in [1.82, 2.24) is 9.88 Å². The Balaban J connectivity index is 1.88. The van der Waals surface area contributed by atoms with E-state index in [0.29, 0.717) is 24.5 Å². The summed E-state index contributed by atoms with van der Waals surface area (Å²) in [6.45, 7) is 1.09.